The molecule has 2 heterocycles. The summed E-state index contributed by atoms with van der Waals surface area (Å²) in [5.41, 5.74) is 2.03. The number of aromatic nitrogens is 4. The first-order chi connectivity index (χ1) is 12.7. The van der Waals surface area contributed by atoms with Gasteiger partial charge in [0.1, 0.15) is 11.5 Å². The van der Waals surface area contributed by atoms with E-state index in [9.17, 15) is 9.59 Å². The molecule has 0 spiro atoms. The molecule has 0 saturated heterocycles. The van der Waals surface area contributed by atoms with E-state index in [0.29, 0.717) is 18.4 Å². The SMILES string of the molecule is O=C(NCC1CCC(c2nc3ccccc3[nH]2)CC1)c1ccc(=O)[nH]n1. The summed E-state index contributed by atoms with van der Waals surface area (Å²) in [6.07, 6.45) is 4.25. The van der Waals surface area contributed by atoms with Crippen LogP contribution < -0.4 is 10.9 Å². The zero-order valence-corrected chi connectivity index (χ0v) is 14.4. The van der Waals surface area contributed by atoms with Gasteiger partial charge in [-0.1, -0.05) is 12.1 Å². The van der Waals surface area contributed by atoms with Gasteiger partial charge in [-0.25, -0.2) is 10.1 Å². The number of nitrogens with one attached hydrogen (secondary N) is 3. The predicted molar refractivity (Wildman–Crippen MR) is 98.0 cm³/mol. The molecule has 0 aliphatic heterocycles. The van der Waals surface area contributed by atoms with E-state index in [0.717, 1.165) is 42.5 Å². The average molecular weight is 351 g/mol. The summed E-state index contributed by atoms with van der Waals surface area (Å²) in [5, 5.41) is 8.95. The third-order valence-electron chi connectivity index (χ3n) is 5.10. The van der Waals surface area contributed by atoms with Gasteiger partial charge in [0.25, 0.3) is 11.5 Å². The van der Waals surface area contributed by atoms with E-state index in [4.69, 9.17) is 4.98 Å². The fraction of sp³-hybridized carbons (Fsp3) is 0.368. The lowest BCUT2D eigenvalue weighted by Gasteiger charge is -2.27. The van der Waals surface area contributed by atoms with Gasteiger partial charge < -0.3 is 10.3 Å². The summed E-state index contributed by atoms with van der Waals surface area (Å²) in [6.45, 7) is 0.631. The summed E-state index contributed by atoms with van der Waals surface area (Å²) >= 11 is 0. The molecule has 1 saturated carbocycles. The van der Waals surface area contributed by atoms with Crippen LogP contribution >= 0.6 is 0 Å². The van der Waals surface area contributed by atoms with E-state index in [2.05, 4.69) is 26.6 Å². The van der Waals surface area contributed by atoms with Crippen molar-refractivity contribution in [3.63, 3.8) is 0 Å². The first kappa shape index (κ1) is 16.5. The Balaban J connectivity index is 1.30. The number of hydrogen-bond donors (Lipinski definition) is 3. The zero-order chi connectivity index (χ0) is 17.9. The van der Waals surface area contributed by atoms with Crippen molar-refractivity contribution in [2.45, 2.75) is 31.6 Å². The standard InChI is InChI=1S/C19H21N5O2/c25-17-10-9-16(23-24-17)19(26)20-11-12-5-7-13(8-6-12)18-21-14-3-1-2-4-15(14)22-18/h1-4,9-10,12-13H,5-8,11H2,(H,20,26)(H,21,22)(H,24,25). The van der Waals surface area contributed by atoms with E-state index >= 15 is 0 Å². The van der Waals surface area contributed by atoms with Crippen molar-refractivity contribution in [3.05, 3.63) is 58.3 Å². The fourth-order valence-electron chi connectivity index (χ4n) is 3.60. The number of aromatic amines is 2. The van der Waals surface area contributed by atoms with E-state index in [1.54, 1.807) is 0 Å². The van der Waals surface area contributed by atoms with Crippen LogP contribution in [-0.2, 0) is 0 Å². The Morgan fingerprint density at radius 2 is 1.92 bits per heavy atom. The van der Waals surface area contributed by atoms with E-state index in [1.807, 2.05) is 18.2 Å². The second-order valence-electron chi connectivity index (χ2n) is 6.87. The van der Waals surface area contributed by atoms with Crippen LogP contribution in [0.15, 0.2) is 41.2 Å². The molecule has 4 rings (SSSR count). The van der Waals surface area contributed by atoms with Gasteiger partial charge in [-0.2, -0.15) is 5.10 Å². The van der Waals surface area contributed by atoms with Gasteiger partial charge >= 0.3 is 0 Å². The van der Waals surface area contributed by atoms with E-state index in [-0.39, 0.29) is 17.2 Å². The lowest BCUT2D eigenvalue weighted by atomic mass is 9.81. The first-order valence-corrected chi connectivity index (χ1v) is 8.97. The third-order valence-corrected chi connectivity index (χ3v) is 5.10. The third kappa shape index (κ3) is 3.51. The van der Waals surface area contributed by atoms with E-state index in [1.165, 1.54) is 12.1 Å². The normalized spacial score (nSPS) is 20.2. The van der Waals surface area contributed by atoms with Crippen molar-refractivity contribution >= 4 is 16.9 Å². The minimum absolute atomic E-state index is 0.237. The molecule has 0 radical (unpaired) electrons. The van der Waals surface area contributed by atoms with Crippen LogP contribution in [0.4, 0.5) is 0 Å². The van der Waals surface area contributed by atoms with Gasteiger partial charge in [0.2, 0.25) is 0 Å². The Bertz CT molecular complexity index is 916. The Kier molecular flexibility index (Phi) is 4.51. The molecule has 1 fully saturated rings. The molecule has 7 heteroatoms. The number of rotatable bonds is 4. The van der Waals surface area contributed by atoms with Crippen LogP contribution in [0, 0.1) is 5.92 Å². The highest BCUT2D eigenvalue weighted by Gasteiger charge is 2.25. The molecule has 3 N–H and O–H groups in total. The smallest absolute Gasteiger partial charge is 0.271 e. The highest BCUT2D eigenvalue weighted by molar-refractivity contribution is 5.91. The highest BCUT2D eigenvalue weighted by atomic mass is 16.2. The minimum Gasteiger partial charge on any atom is -0.350 e. The molecule has 0 atom stereocenters. The molecule has 2 aromatic heterocycles. The number of carbonyl (C=O) groups is 1. The van der Waals surface area contributed by atoms with Gasteiger partial charge in [0.15, 0.2) is 0 Å². The quantitative estimate of drug-likeness (QED) is 0.671. The zero-order valence-electron chi connectivity index (χ0n) is 14.4. The molecular formula is C19H21N5O2. The van der Waals surface area contributed by atoms with Crippen LogP contribution in [0.3, 0.4) is 0 Å². The van der Waals surface area contributed by atoms with Crippen molar-refractivity contribution in [1.82, 2.24) is 25.5 Å². The molecule has 0 unspecified atom stereocenters. The number of para-hydroxylation sites is 2. The Labute approximate surface area is 150 Å². The molecule has 1 amide bonds. The highest BCUT2D eigenvalue weighted by Crippen LogP contribution is 2.34. The molecule has 1 aromatic carbocycles. The van der Waals surface area contributed by atoms with Crippen LogP contribution in [0.5, 0.6) is 0 Å². The number of nitrogens with zero attached hydrogens (tertiary/aromatic N) is 2. The number of H-pyrrole nitrogens is 2. The Morgan fingerprint density at radius 1 is 1.12 bits per heavy atom. The van der Waals surface area contributed by atoms with Crippen molar-refractivity contribution in [3.8, 4) is 0 Å². The minimum atomic E-state index is -0.314. The van der Waals surface area contributed by atoms with Gasteiger partial charge in [-0.05, 0) is 49.8 Å². The van der Waals surface area contributed by atoms with Gasteiger partial charge in [-0.15, -0.1) is 0 Å². The topological polar surface area (TPSA) is 104 Å². The maximum atomic E-state index is 12.1. The molecule has 1 aliphatic carbocycles. The average Bonchev–Trinajstić information content (AvgIpc) is 3.11. The van der Waals surface area contributed by atoms with Crippen LogP contribution in [0.25, 0.3) is 11.0 Å². The maximum Gasteiger partial charge on any atom is 0.271 e. The van der Waals surface area contributed by atoms with Crippen molar-refractivity contribution in [1.29, 1.82) is 0 Å². The lowest BCUT2D eigenvalue weighted by molar-refractivity contribution is 0.0936. The monoisotopic (exact) mass is 351 g/mol. The number of benzene rings is 1. The number of amides is 1. The molecule has 7 nitrogen and oxygen atoms in total. The van der Waals surface area contributed by atoms with Crippen molar-refractivity contribution in [2.75, 3.05) is 6.54 Å². The number of carbonyl (C=O) groups excluding carboxylic acids is 1. The molecular weight excluding hydrogens is 330 g/mol. The van der Waals surface area contributed by atoms with Crippen LogP contribution in [0.2, 0.25) is 0 Å². The molecule has 1 aliphatic rings. The molecule has 134 valence electrons. The van der Waals surface area contributed by atoms with Crippen LogP contribution in [-0.4, -0.2) is 32.6 Å². The number of imidazole rings is 1. The summed E-state index contributed by atoms with van der Waals surface area (Å²) in [6, 6.07) is 10.8. The predicted octanol–water partition coefficient (Wildman–Crippen LogP) is 2.35. The Hall–Kier alpha value is -2.96. The number of hydrogen-bond acceptors (Lipinski definition) is 4. The second kappa shape index (κ2) is 7.11. The summed E-state index contributed by atoms with van der Waals surface area (Å²) in [7, 11) is 0. The van der Waals surface area contributed by atoms with Gasteiger partial charge in [0, 0.05) is 18.5 Å². The fourth-order valence-corrected chi connectivity index (χ4v) is 3.60. The second-order valence-corrected chi connectivity index (χ2v) is 6.87. The van der Waals surface area contributed by atoms with E-state index < -0.39 is 0 Å². The Morgan fingerprint density at radius 3 is 2.65 bits per heavy atom. The largest absolute Gasteiger partial charge is 0.350 e. The molecule has 26 heavy (non-hydrogen) atoms. The molecule has 3 aromatic rings. The summed E-state index contributed by atoms with van der Waals surface area (Å²) < 4.78 is 0. The first-order valence-electron chi connectivity index (χ1n) is 8.97. The number of fused-ring (bicyclic) bond motifs is 1. The summed E-state index contributed by atoms with van der Waals surface area (Å²) in [4.78, 5) is 31.2. The van der Waals surface area contributed by atoms with Crippen molar-refractivity contribution in [2.24, 2.45) is 5.92 Å². The summed E-state index contributed by atoms with van der Waals surface area (Å²) in [5.74, 6) is 1.74. The van der Waals surface area contributed by atoms with Gasteiger partial charge in [0.05, 0.1) is 11.0 Å². The molecule has 0 bridgehead atoms. The van der Waals surface area contributed by atoms with Crippen LogP contribution in [0.1, 0.15) is 47.9 Å². The van der Waals surface area contributed by atoms with Crippen molar-refractivity contribution < 1.29 is 4.79 Å². The maximum absolute atomic E-state index is 12.1. The lowest BCUT2D eigenvalue weighted by Crippen LogP contribution is -2.32. The van der Waals surface area contributed by atoms with Gasteiger partial charge in [-0.3, -0.25) is 9.59 Å².